The fourth-order valence-electron chi connectivity index (χ4n) is 5.04. The molecule has 0 atom stereocenters. The lowest BCUT2D eigenvalue weighted by Crippen LogP contribution is -2.15. The maximum absolute atomic E-state index is 6.35. The van der Waals surface area contributed by atoms with Crippen LogP contribution in [0.25, 0.3) is 32.9 Å². The SMILES string of the molecule is Nc1ccc2c(c1)c1cc(-c3ccc(N4c5ccccc5Oc5ccccc54)cc3)ccc1n2N. The van der Waals surface area contributed by atoms with E-state index >= 15 is 0 Å². The first-order valence-corrected chi connectivity index (χ1v) is 11.5. The van der Waals surface area contributed by atoms with Crippen LogP contribution in [0.2, 0.25) is 0 Å². The summed E-state index contributed by atoms with van der Waals surface area (Å²) in [5.41, 5.74) is 14.1. The minimum Gasteiger partial charge on any atom is -0.453 e. The number of para-hydroxylation sites is 4. The zero-order valence-electron chi connectivity index (χ0n) is 18.8. The number of anilines is 4. The molecular weight excluding hydrogens is 432 g/mol. The number of fused-ring (bicyclic) bond motifs is 5. The molecule has 35 heavy (non-hydrogen) atoms. The van der Waals surface area contributed by atoms with Crippen molar-refractivity contribution in [3.05, 3.63) is 109 Å². The third kappa shape index (κ3) is 2.95. The van der Waals surface area contributed by atoms with Gasteiger partial charge in [0, 0.05) is 22.1 Å². The number of hydrogen-bond donors (Lipinski definition) is 2. The largest absolute Gasteiger partial charge is 0.453 e. The van der Waals surface area contributed by atoms with Crippen molar-refractivity contribution in [1.82, 2.24) is 4.68 Å². The molecule has 5 aromatic carbocycles. The summed E-state index contributed by atoms with van der Waals surface area (Å²) >= 11 is 0. The highest BCUT2D eigenvalue weighted by atomic mass is 16.5. The van der Waals surface area contributed by atoms with E-state index in [2.05, 4.69) is 59.5 Å². The van der Waals surface area contributed by atoms with Crippen LogP contribution in [0.3, 0.4) is 0 Å². The second-order valence-corrected chi connectivity index (χ2v) is 8.80. The minimum absolute atomic E-state index is 0.728. The van der Waals surface area contributed by atoms with Gasteiger partial charge in [-0.15, -0.1) is 0 Å². The Balaban J connectivity index is 1.33. The first kappa shape index (κ1) is 19.6. The summed E-state index contributed by atoms with van der Waals surface area (Å²) < 4.78 is 7.87. The van der Waals surface area contributed by atoms with E-state index in [4.69, 9.17) is 16.3 Å². The number of rotatable bonds is 2. The normalized spacial score (nSPS) is 12.4. The van der Waals surface area contributed by atoms with Crippen molar-refractivity contribution < 1.29 is 4.74 Å². The van der Waals surface area contributed by atoms with Crippen LogP contribution in [0, 0.1) is 0 Å². The Morgan fingerprint density at radius 1 is 0.571 bits per heavy atom. The standard InChI is InChI=1S/C30H22N4O/c31-21-12-16-26-24(18-21)23-17-20(11-15-25(23)34(26)32)19-9-13-22(14-10-19)33-27-5-1-3-7-29(27)35-30-8-4-2-6-28(30)33/h1-18H,31-32H2. The van der Waals surface area contributed by atoms with E-state index in [1.54, 1.807) is 4.68 Å². The molecule has 0 radical (unpaired) electrons. The molecule has 5 nitrogen and oxygen atoms in total. The van der Waals surface area contributed by atoms with Crippen molar-refractivity contribution in [2.75, 3.05) is 16.5 Å². The maximum Gasteiger partial charge on any atom is 0.151 e. The van der Waals surface area contributed by atoms with E-state index in [9.17, 15) is 0 Å². The zero-order valence-corrected chi connectivity index (χ0v) is 18.8. The van der Waals surface area contributed by atoms with Crippen LogP contribution in [0.4, 0.5) is 22.7 Å². The monoisotopic (exact) mass is 454 g/mol. The van der Waals surface area contributed by atoms with E-state index in [1.807, 2.05) is 54.6 Å². The molecular formula is C30H22N4O. The third-order valence-corrected chi connectivity index (χ3v) is 6.72. The number of ether oxygens (including phenoxy) is 1. The average molecular weight is 455 g/mol. The number of hydrogen-bond acceptors (Lipinski definition) is 4. The summed E-state index contributed by atoms with van der Waals surface area (Å²) in [4.78, 5) is 2.24. The number of nitrogens with two attached hydrogens (primary N) is 2. The molecule has 168 valence electrons. The fraction of sp³-hybridized carbons (Fsp3) is 0. The molecule has 1 aromatic heterocycles. The predicted octanol–water partition coefficient (Wildman–Crippen LogP) is 7.33. The second-order valence-electron chi connectivity index (χ2n) is 8.80. The highest BCUT2D eigenvalue weighted by Crippen LogP contribution is 2.50. The Kier molecular flexibility index (Phi) is 4.08. The molecule has 0 saturated carbocycles. The van der Waals surface area contributed by atoms with Crippen molar-refractivity contribution in [2.45, 2.75) is 0 Å². The molecule has 7 rings (SSSR count). The van der Waals surface area contributed by atoms with Crippen molar-refractivity contribution in [1.29, 1.82) is 0 Å². The first-order valence-electron chi connectivity index (χ1n) is 11.5. The van der Waals surface area contributed by atoms with Crippen LogP contribution in [0.15, 0.2) is 109 Å². The van der Waals surface area contributed by atoms with Crippen LogP contribution in [0.5, 0.6) is 11.5 Å². The lowest BCUT2D eigenvalue weighted by Gasteiger charge is -2.32. The van der Waals surface area contributed by atoms with Gasteiger partial charge in [0.25, 0.3) is 0 Å². The number of nitrogen functional groups attached to an aromatic ring is 2. The van der Waals surface area contributed by atoms with Crippen molar-refractivity contribution >= 4 is 44.6 Å². The summed E-state index contributed by atoms with van der Waals surface area (Å²) in [5, 5.41) is 2.15. The smallest absolute Gasteiger partial charge is 0.151 e. The molecule has 2 heterocycles. The van der Waals surface area contributed by atoms with Crippen molar-refractivity contribution in [2.24, 2.45) is 0 Å². The summed E-state index contributed by atoms with van der Waals surface area (Å²) in [6, 6.07) is 37.1. The van der Waals surface area contributed by atoms with Gasteiger partial charge in [-0.3, -0.25) is 4.68 Å². The van der Waals surface area contributed by atoms with Crippen LogP contribution >= 0.6 is 0 Å². The molecule has 1 aliphatic rings. The van der Waals surface area contributed by atoms with Gasteiger partial charge in [0.2, 0.25) is 0 Å². The van der Waals surface area contributed by atoms with Gasteiger partial charge < -0.3 is 21.2 Å². The molecule has 0 amide bonds. The first-order chi connectivity index (χ1) is 17.2. The number of nitrogens with zero attached hydrogens (tertiary/aromatic N) is 2. The molecule has 6 aromatic rings. The van der Waals surface area contributed by atoms with Crippen molar-refractivity contribution in [3.63, 3.8) is 0 Å². The summed E-state index contributed by atoms with van der Waals surface area (Å²) in [6.07, 6.45) is 0. The lowest BCUT2D eigenvalue weighted by molar-refractivity contribution is 0.477. The van der Waals surface area contributed by atoms with E-state index < -0.39 is 0 Å². The van der Waals surface area contributed by atoms with Gasteiger partial charge in [0.1, 0.15) is 0 Å². The Morgan fingerprint density at radius 2 is 1.14 bits per heavy atom. The fourth-order valence-corrected chi connectivity index (χ4v) is 5.04. The van der Waals surface area contributed by atoms with E-state index in [0.717, 1.165) is 67.2 Å². The molecule has 0 unspecified atom stereocenters. The van der Waals surface area contributed by atoms with Gasteiger partial charge in [-0.2, -0.15) is 0 Å². The molecule has 0 bridgehead atoms. The molecule has 0 fully saturated rings. The van der Waals surface area contributed by atoms with E-state index in [1.165, 1.54) is 0 Å². The topological polar surface area (TPSA) is 69.4 Å². The number of aromatic nitrogens is 1. The van der Waals surface area contributed by atoms with Crippen LogP contribution in [0.1, 0.15) is 0 Å². The van der Waals surface area contributed by atoms with Gasteiger partial charge in [-0.05, 0) is 77.9 Å². The Labute approximate surface area is 202 Å². The molecule has 0 spiro atoms. The van der Waals surface area contributed by atoms with Gasteiger partial charge in [-0.25, -0.2) is 0 Å². The lowest BCUT2D eigenvalue weighted by atomic mass is 10.0. The van der Waals surface area contributed by atoms with Gasteiger partial charge in [0.15, 0.2) is 11.5 Å². The van der Waals surface area contributed by atoms with Gasteiger partial charge in [0.05, 0.1) is 22.4 Å². The summed E-state index contributed by atoms with van der Waals surface area (Å²) in [5.74, 6) is 8.05. The Bertz CT molecular complexity index is 1710. The van der Waals surface area contributed by atoms with E-state index in [-0.39, 0.29) is 0 Å². The quantitative estimate of drug-likeness (QED) is 0.212. The molecule has 0 saturated heterocycles. The molecule has 0 aliphatic carbocycles. The Hall–Kier alpha value is -4.90. The van der Waals surface area contributed by atoms with Crippen LogP contribution < -0.4 is 21.2 Å². The van der Waals surface area contributed by atoms with Crippen LogP contribution in [-0.2, 0) is 0 Å². The van der Waals surface area contributed by atoms with Crippen LogP contribution in [-0.4, -0.2) is 4.68 Å². The minimum atomic E-state index is 0.728. The highest BCUT2D eigenvalue weighted by Gasteiger charge is 2.25. The number of benzene rings is 5. The third-order valence-electron chi connectivity index (χ3n) is 6.72. The molecule has 1 aliphatic heterocycles. The molecule has 4 N–H and O–H groups in total. The summed E-state index contributed by atoms with van der Waals surface area (Å²) in [7, 11) is 0. The predicted molar refractivity (Wildman–Crippen MR) is 144 cm³/mol. The van der Waals surface area contributed by atoms with E-state index in [0.29, 0.717) is 0 Å². The summed E-state index contributed by atoms with van der Waals surface area (Å²) in [6.45, 7) is 0. The highest BCUT2D eigenvalue weighted by molar-refractivity contribution is 6.10. The van der Waals surface area contributed by atoms with Gasteiger partial charge >= 0.3 is 0 Å². The maximum atomic E-state index is 6.35. The molecule has 5 heteroatoms. The van der Waals surface area contributed by atoms with Gasteiger partial charge in [-0.1, -0.05) is 42.5 Å². The van der Waals surface area contributed by atoms with Crippen molar-refractivity contribution in [3.8, 4) is 22.6 Å². The zero-order chi connectivity index (χ0) is 23.5. The second kappa shape index (κ2) is 7.30. The average Bonchev–Trinajstić information content (AvgIpc) is 3.18. The Morgan fingerprint density at radius 3 is 1.83 bits per heavy atom.